The SMILES string of the molecule is CC(c1ccccc1)c1ncnc2c1ncn2[C@@H]1O[C@H](CNS(N)(=O)=O)[C@H]2OC(C)(C)O[C@H]21. The van der Waals surface area contributed by atoms with Crippen molar-refractivity contribution in [1.82, 2.24) is 24.2 Å². The van der Waals surface area contributed by atoms with Gasteiger partial charge in [0.05, 0.1) is 12.0 Å². The highest BCUT2D eigenvalue weighted by atomic mass is 32.2. The molecule has 11 nitrogen and oxygen atoms in total. The molecule has 2 saturated heterocycles. The first-order chi connectivity index (χ1) is 15.6. The van der Waals surface area contributed by atoms with Crippen LogP contribution < -0.4 is 9.86 Å². The van der Waals surface area contributed by atoms with Crippen LogP contribution in [0.4, 0.5) is 0 Å². The fourth-order valence-electron chi connectivity index (χ4n) is 4.52. The van der Waals surface area contributed by atoms with Crippen molar-refractivity contribution in [3.05, 3.63) is 54.2 Å². The van der Waals surface area contributed by atoms with E-state index in [4.69, 9.17) is 19.3 Å². The van der Waals surface area contributed by atoms with E-state index in [1.165, 1.54) is 6.33 Å². The molecule has 1 unspecified atom stereocenters. The zero-order valence-corrected chi connectivity index (χ0v) is 19.3. The van der Waals surface area contributed by atoms with Gasteiger partial charge in [-0.2, -0.15) is 13.1 Å². The van der Waals surface area contributed by atoms with Gasteiger partial charge in [-0.1, -0.05) is 37.3 Å². The molecule has 33 heavy (non-hydrogen) atoms. The minimum atomic E-state index is -3.88. The number of imidazole rings is 1. The van der Waals surface area contributed by atoms with E-state index < -0.39 is 40.5 Å². The van der Waals surface area contributed by atoms with Crippen LogP contribution in [0.1, 0.15) is 44.2 Å². The van der Waals surface area contributed by atoms with Gasteiger partial charge in [0.15, 0.2) is 17.7 Å². The van der Waals surface area contributed by atoms with Gasteiger partial charge in [0.2, 0.25) is 0 Å². The van der Waals surface area contributed by atoms with Crippen molar-refractivity contribution < 1.29 is 22.6 Å². The van der Waals surface area contributed by atoms with Crippen molar-refractivity contribution in [3.8, 4) is 0 Å². The number of hydrogen-bond acceptors (Lipinski definition) is 8. The van der Waals surface area contributed by atoms with Gasteiger partial charge in [0.1, 0.15) is 30.2 Å². The van der Waals surface area contributed by atoms with Crippen LogP contribution >= 0.6 is 0 Å². The first-order valence-electron chi connectivity index (χ1n) is 10.6. The van der Waals surface area contributed by atoms with E-state index in [2.05, 4.69) is 38.7 Å². The quantitative estimate of drug-likeness (QED) is 0.542. The monoisotopic (exact) mass is 474 g/mol. The molecule has 3 aromatic rings. The number of nitrogens with zero attached hydrogens (tertiary/aromatic N) is 4. The number of hydrogen-bond donors (Lipinski definition) is 2. The zero-order valence-electron chi connectivity index (χ0n) is 18.5. The summed E-state index contributed by atoms with van der Waals surface area (Å²) in [5.41, 5.74) is 3.18. The lowest BCUT2D eigenvalue weighted by Crippen LogP contribution is -2.42. The summed E-state index contributed by atoms with van der Waals surface area (Å²) in [5.74, 6) is -0.843. The van der Waals surface area contributed by atoms with Gasteiger partial charge in [-0.05, 0) is 19.4 Å². The summed E-state index contributed by atoms with van der Waals surface area (Å²) in [6.07, 6.45) is 0.936. The average Bonchev–Trinajstić information content (AvgIpc) is 3.42. The number of benzene rings is 1. The lowest BCUT2D eigenvalue weighted by Gasteiger charge is -2.24. The van der Waals surface area contributed by atoms with E-state index in [1.807, 2.05) is 18.2 Å². The fourth-order valence-corrected chi connectivity index (χ4v) is 4.91. The first-order valence-corrected chi connectivity index (χ1v) is 12.2. The molecular formula is C21H26N6O5S. The molecule has 0 amide bonds. The Morgan fingerprint density at radius 1 is 1.15 bits per heavy atom. The van der Waals surface area contributed by atoms with E-state index in [1.54, 1.807) is 24.7 Å². The highest BCUT2D eigenvalue weighted by Gasteiger charge is 2.56. The Bertz CT molecular complexity index is 1260. The molecule has 4 heterocycles. The largest absolute Gasteiger partial charge is 0.348 e. The Balaban J connectivity index is 1.50. The smallest absolute Gasteiger partial charge is 0.274 e. The zero-order chi connectivity index (χ0) is 23.4. The molecule has 5 atom stereocenters. The lowest BCUT2D eigenvalue weighted by molar-refractivity contribution is -0.195. The molecule has 0 aliphatic carbocycles. The summed E-state index contributed by atoms with van der Waals surface area (Å²) >= 11 is 0. The van der Waals surface area contributed by atoms with Crippen molar-refractivity contribution in [2.45, 2.75) is 57.0 Å². The topological polar surface area (TPSA) is 143 Å². The second kappa shape index (κ2) is 8.08. The van der Waals surface area contributed by atoms with E-state index in [0.717, 1.165) is 11.3 Å². The number of nitrogens with one attached hydrogen (secondary N) is 1. The van der Waals surface area contributed by atoms with Crippen molar-refractivity contribution in [2.75, 3.05) is 6.54 Å². The molecule has 2 aromatic heterocycles. The van der Waals surface area contributed by atoms with Crippen LogP contribution in [0.15, 0.2) is 43.0 Å². The van der Waals surface area contributed by atoms with Gasteiger partial charge < -0.3 is 14.2 Å². The molecule has 2 fully saturated rings. The number of nitrogens with two attached hydrogens (primary N) is 1. The van der Waals surface area contributed by atoms with Gasteiger partial charge in [0, 0.05) is 12.5 Å². The van der Waals surface area contributed by atoms with Crippen molar-refractivity contribution >= 4 is 21.4 Å². The highest BCUT2D eigenvalue weighted by Crippen LogP contribution is 2.43. The molecule has 176 valence electrons. The lowest BCUT2D eigenvalue weighted by atomic mass is 9.97. The van der Waals surface area contributed by atoms with Crippen LogP contribution in [0.2, 0.25) is 0 Å². The third-order valence-electron chi connectivity index (χ3n) is 5.98. The molecule has 0 radical (unpaired) electrons. The number of rotatable bonds is 6. The van der Waals surface area contributed by atoms with Crippen LogP contribution in [0, 0.1) is 0 Å². The highest BCUT2D eigenvalue weighted by molar-refractivity contribution is 7.87. The summed E-state index contributed by atoms with van der Waals surface area (Å²) in [5, 5.41) is 5.10. The second-order valence-corrected chi connectivity index (χ2v) is 10.1. The van der Waals surface area contributed by atoms with Crippen LogP contribution in [0.25, 0.3) is 11.2 Å². The molecule has 2 aliphatic rings. The predicted molar refractivity (Wildman–Crippen MR) is 118 cm³/mol. The Labute approximate surface area is 191 Å². The minimum Gasteiger partial charge on any atom is -0.348 e. The summed E-state index contributed by atoms with van der Waals surface area (Å²) in [4.78, 5) is 13.6. The van der Waals surface area contributed by atoms with E-state index in [9.17, 15) is 8.42 Å². The Hall–Kier alpha value is -2.48. The molecule has 5 rings (SSSR count). The Morgan fingerprint density at radius 2 is 1.88 bits per heavy atom. The minimum absolute atomic E-state index is 0.00833. The van der Waals surface area contributed by atoms with Gasteiger partial charge in [-0.25, -0.2) is 20.1 Å². The van der Waals surface area contributed by atoms with Gasteiger partial charge in [-0.15, -0.1) is 0 Å². The Kier molecular flexibility index (Phi) is 5.46. The Morgan fingerprint density at radius 3 is 2.61 bits per heavy atom. The number of aromatic nitrogens is 4. The number of fused-ring (bicyclic) bond motifs is 2. The molecule has 2 aliphatic heterocycles. The molecule has 3 N–H and O–H groups in total. The van der Waals surface area contributed by atoms with Crippen LogP contribution in [0.3, 0.4) is 0 Å². The van der Waals surface area contributed by atoms with Crippen molar-refractivity contribution in [3.63, 3.8) is 0 Å². The van der Waals surface area contributed by atoms with E-state index in [0.29, 0.717) is 11.2 Å². The van der Waals surface area contributed by atoms with Gasteiger partial charge >= 0.3 is 0 Å². The average molecular weight is 475 g/mol. The molecule has 12 heteroatoms. The standard InChI is InChI=1S/C21H26N6O5S/c1-12(13-7-5-4-6-8-13)15-16-19(24-10-23-15)27(11-25-16)20-18-17(31-21(2,3)32-18)14(30-20)9-26-33(22,28)29/h4-8,10-12,14,17-18,20,26H,9H2,1-3H3,(H2,22,28,29)/t12?,14-,17-,18-,20-/m1/s1. The third-order valence-corrected chi connectivity index (χ3v) is 6.55. The van der Waals surface area contributed by atoms with Crippen molar-refractivity contribution in [1.29, 1.82) is 0 Å². The summed E-state index contributed by atoms with van der Waals surface area (Å²) in [7, 11) is -3.88. The maximum atomic E-state index is 11.4. The maximum Gasteiger partial charge on any atom is 0.274 e. The van der Waals surface area contributed by atoms with Crippen LogP contribution in [0.5, 0.6) is 0 Å². The normalized spacial score (nSPS) is 27.6. The molecule has 0 spiro atoms. The fraction of sp³-hybridized carbons (Fsp3) is 0.476. The molecule has 0 saturated carbocycles. The molecule has 0 bridgehead atoms. The summed E-state index contributed by atoms with van der Waals surface area (Å²) < 4.78 is 45.2. The second-order valence-electron chi connectivity index (χ2n) is 8.74. The van der Waals surface area contributed by atoms with Crippen LogP contribution in [-0.2, 0) is 24.4 Å². The van der Waals surface area contributed by atoms with Gasteiger partial charge in [-0.3, -0.25) is 4.57 Å². The van der Waals surface area contributed by atoms with E-state index >= 15 is 0 Å². The van der Waals surface area contributed by atoms with Gasteiger partial charge in [0.25, 0.3) is 10.2 Å². The van der Waals surface area contributed by atoms with E-state index in [-0.39, 0.29) is 12.5 Å². The molecular weight excluding hydrogens is 448 g/mol. The molecule has 1 aromatic carbocycles. The number of ether oxygens (including phenoxy) is 3. The van der Waals surface area contributed by atoms with Crippen molar-refractivity contribution in [2.24, 2.45) is 5.14 Å². The summed E-state index contributed by atoms with van der Waals surface area (Å²) in [6.45, 7) is 5.64. The first kappa shape index (κ1) is 22.3. The predicted octanol–water partition coefficient (Wildman–Crippen LogP) is 1.19. The summed E-state index contributed by atoms with van der Waals surface area (Å²) in [6, 6.07) is 10.1. The maximum absolute atomic E-state index is 11.4. The third kappa shape index (κ3) is 4.25. The van der Waals surface area contributed by atoms with Crippen LogP contribution in [-0.4, -0.2) is 58.6 Å².